The van der Waals surface area contributed by atoms with Gasteiger partial charge in [0.15, 0.2) is 0 Å². The molecule has 0 saturated heterocycles. The molecule has 0 amide bonds. The van der Waals surface area contributed by atoms with Gasteiger partial charge in [-0.15, -0.1) is 12.6 Å². The highest BCUT2D eigenvalue weighted by Crippen LogP contribution is 2.43. The fourth-order valence-corrected chi connectivity index (χ4v) is 5.00. The smallest absolute Gasteiger partial charge is 0.144 e. The zero-order valence-electron chi connectivity index (χ0n) is 27.9. The van der Waals surface area contributed by atoms with Crippen LogP contribution in [0.15, 0.2) is 51.3 Å². The average Bonchev–Trinajstić information content (AvgIpc) is 2.81. The van der Waals surface area contributed by atoms with Crippen LogP contribution in [0.4, 0.5) is 11.4 Å². The fraction of sp³-hybridized carbons (Fsp3) is 0.459. The summed E-state index contributed by atoms with van der Waals surface area (Å²) in [4.78, 5) is 10.3. The summed E-state index contributed by atoms with van der Waals surface area (Å²) < 4.78 is 0. The topological polar surface area (TPSA) is 65.2 Å². The van der Waals surface area contributed by atoms with Gasteiger partial charge in [-0.2, -0.15) is 0 Å². The molecular weight excluding hydrogens is 536 g/mol. The maximum absolute atomic E-state index is 11.2. The van der Waals surface area contributed by atoms with Gasteiger partial charge in [0, 0.05) is 39.6 Å². The zero-order valence-corrected chi connectivity index (χ0v) is 28.7. The Hall–Kier alpha value is -3.05. The van der Waals surface area contributed by atoms with Crippen molar-refractivity contribution in [1.29, 1.82) is 0 Å². The van der Waals surface area contributed by atoms with Gasteiger partial charge in [0.25, 0.3) is 0 Å². The first-order chi connectivity index (χ1) is 19.0. The predicted molar refractivity (Wildman–Crippen MR) is 184 cm³/mol. The lowest BCUT2D eigenvalue weighted by atomic mass is 9.80. The van der Waals surface area contributed by atoms with Crippen molar-refractivity contribution in [1.82, 2.24) is 0 Å². The lowest BCUT2D eigenvalue weighted by Gasteiger charge is -2.26. The Labute approximate surface area is 259 Å². The Balaban J connectivity index is 2.12. The molecule has 0 aromatic heterocycles. The highest BCUT2D eigenvalue weighted by Gasteiger charge is 2.26. The van der Waals surface area contributed by atoms with E-state index in [1.165, 1.54) is 0 Å². The van der Waals surface area contributed by atoms with Crippen molar-refractivity contribution in [3.63, 3.8) is 0 Å². The number of nitrogens with zero attached hydrogens (tertiary/aromatic N) is 2. The summed E-state index contributed by atoms with van der Waals surface area (Å²) in [5, 5.41) is 22.4. The van der Waals surface area contributed by atoms with Crippen LogP contribution < -0.4 is 0 Å². The number of phenolic OH excluding ortho intramolecular Hbond substituents is 2. The standard InChI is InChI=1S/C37H50N2O2S/c1-22-14-23(20-38-29-18-25(34(2,3)4)16-27(31(29)40)36(8,9)10)33(42)24(15-22)21-39-30-19-26(35(5,6)7)17-28(32(30)41)37(11,12)13/h14-21,40-42H,1-13H3. The summed E-state index contributed by atoms with van der Waals surface area (Å²) in [7, 11) is 0. The quantitative estimate of drug-likeness (QED) is 0.210. The number of thiol groups is 1. The third-order valence-electron chi connectivity index (χ3n) is 7.53. The molecule has 0 fully saturated rings. The largest absolute Gasteiger partial charge is 0.505 e. The molecular formula is C37H50N2O2S. The molecule has 3 aromatic carbocycles. The highest BCUT2D eigenvalue weighted by molar-refractivity contribution is 7.80. The second-order valence-electron chi connectivity index (χ2n) is 15.6. The first-order valence-electron chi connectivity index (χ1n) is 14.7. The van der Waals surface area contributed by atoms with E-state index in [9.17, 15) is 10.2 Å². The summed E-state index contributed by atoms with van der Waals surface area (Å²) in [6.45, 7) is 27.6. The van der Waals surface area contributed by atoms with E-state index in [0.29, 0.717) is 11.4 Å². The van der Waals surface area contributed by atoms with Gasteiger partial charge in [-0.3, -0.25) is 9.98 Å². The van der Waals surface area contributed by atoms with Gasteiger partial charge in [0.1, 0.15) is 22.9 Å². The molecule has 0 aliphatic carbocycles. The van der Waals surface area contributed by atoms with Crippen molar-refractivity contribution in [2.45, 2.75) is 117 Å². The fourth-order valence-electron chi connectivity index (χ4n) is 4.76. The first kappa shape index (κ1) is 33.5. The number of aromatic hydroxyl groups is 2. The predicted octanol–water partition coefficient (Wildman–Crippen LogP) is 10.4. The summed E-state index contributed by atoms with van der Waals surface area (Å²) in [5.74, 6) is 0.400. The molecule has 226 valence electrons. The summed E-state index contributed by atoms with van der Waals surface area (Å²) in [5.41, 5.74) is 7.06. The first-order valence-corrected chi connectivity index (χ1v) is 15.1. The number of rotatable bonds is 4. The van der Waals surface area contributed by atoms with Crippen LogP contribution in [0.25, 0.3) is 0 Å². The van der Waals surface area contributed by atoms with Crippen molar-refractivity contribution in [3.05, 3.63) is 75.3 Å². The van der Waals surface area contributed by atoms with E-state index in [0.717, 1.165) is 43.8 Å². The molecule has 0 heterocycles. The number of aryl methyl sites for hydroxylation is 1. The molecule has 0 unspecified atom stereocenters. The van der Waals surface area contributed by atoms with Crippen LogP contribution in [0.1, 0.15) is 122 Å². The Bertz CT molecular complexity index is 1420. The third kappa shape index (κ3) is 7.66. The second-order valence-corrected chi connectivity index (χ2v) is 16.0. The molecule has 4 nitrogen and oxygen atoms in total. The van der Waals surface area contributed by atoms with E-state index < -0.39 is 0 Å². The highest BCUT2D eigenvalue weighted by atomic mass is 32.1. The van der Waals surface area contributed by atoms with Crippen molar-refractivity contribution >= 4 is 36.4 Å². The van der Waals surface area contributed by atoms with Crippen molar-refractivity contribution in [2.24, 2.45) is 9.98 Å². The minimum Gasteiger partial charge on any atom is -0.505 e. The molecule has 3 aromatic rings. The Kier molecular flexibility index (Phi) is 9.21. The Morgan fingerprint density at radius 2 is 0.881 bits per heavy atom. The monoisotopic (exact) mass is 586 g/mol. The van der Waals surface area contributed by atoms with Crippen LogP contribution in [0.5, 0.6) is 11.5 Å². The lowest BCUT2D eigenvalue weighted by Crippen LogP contribution is -2.16. The molecule has 0 radical (unpaired) electrons. The van der Waals surface area contributed by atoms with Crippen LogP contribution in [0.3, 0.4) is 0 Å². The molecule has 3 rings (SSSR count). The molecule has 0 spiro atoms. The SMILES string of the molecule is Cc1cc(C=Nc2cc(C(C)(C)C)cc(C(C)(C)C)c2O)c(S)c(C=Nc2cc(C(C)(C)C)cc(C(C)(C)C)c2O)c1. The molecule has 0 atom stereocenters. The molecule has 42 heavy (non-hydrogen) atoms. The molecule has 0 aliphatic heterocycles. The van der Waals surface area contributed by atoms with Gasteiger partial charge in [0.2, 0.25) is 0 Å². The summed E-state index contributed by atoms with van der Waals surface area (Å²) in [6.07, 6.45) is 3.52. The van der Waals surface area contributed by atoms with Crippen molar-refractivity contribution in [2.75, 3.05) is 0 Å². The lowest BCUT2D eigenvalue weighted by molar-refractivity contribution is 0.445. The van der Waals surface area contributed by atoms with Gasteiger partial charge in [-0.25, -0.2) is 0 Å². The van der Waals surface area contributed by atoms with E-state index >= 15 is 0 Å². The van der Waals surface area contributed by atoms with Gasteiger partial charge in [0.05, 0.1) is 0 Å². The number of benzene rings is 3. The van der Waals surface area contributed by atoms with E-state index in [-0.39, 0.29) is 33.2 Å². The normalized spacial score (nSPS) is 13.5. The van der Waals surface area contributed by atoms with Gasteiger partial charge < -0.3 is 10.2 Å². The average molecular weight is 587 g/mol. The van der Waals surface area contributed by atoms with E-state index in [4.69, 9.17) is 22.6 Å². The Morgan fingerprint density at radius 1 is 0.548 bits per heavy atom. The van der Waals surface area contributed by atoms with Gasteiger partial charge >= 0.3 is 0 Å². The van der Waals surface area contributed by atoms with Crippen LogP contribution in [0, 0.1) is 6.92 Å². The zero-order chi connectivity index (χ0) is 32.0. The number of aliphatic imine (C=N–C) groups is 2. The number of hydrogen-bond donors (Lipinski definition) is 3. The van der Waals surface area contributed by atoms with Gasteiger partial charge in [-0.05, 0) is 69.5 Å². The molecule has 5 heteroatoms. The minimum absolute atomic E-state index is 0.0949. The van der Waals surface area contributed by atoms with E-state index in [1.807, 2.05) is 31.2 Å². The Morgan fingerprint density at radius 3 is 1.17 bits per heavy atom. The maximum Gasteiger partial charge on any atom is 0.144 e. The van der Waals surface area contributed by atoms with E-state index in [2.05, 4.69) is 95.2 Å². The third-order valence-corrected chi connectivity index (χ3v) is 8.04. The van der Waals surface area contributed by atoms with E-state index in [1.54, 1.807) is 12.4 Å². The second kappa shape index (κ2) is 11.6. The molecule has 0 saturated carbocycles. The van der Waals surface area contributed by atoms with Crippen molar-refractivity contribution < 1.29 is 10.2 Å². The summed E-state index contributed by atoms with van der Waals surface area (Å²) >= 11 is 4.86. The molecule has 0 bridgehead atoms. The molecule has 0 aliphatic rings. The molecule has 2 N–H and O–H groups in total. The maximum atomic E-state index is 11.2. The number of phenols is 2. The van der Waals surface area contributed by atoms with Crippen LogP contribution >= 0.6 is 12.6 Å². The number of hydrogen-bond acceptors (Lipinski definition) is 5. The summed E-state index contributed by atoms with van der Waals surface area (Å²) in [6, 6.07) is 12.2. The van der Waals surface area contributed by atoms with Crippen LogP contribution in [-0.2, 0) is 21.7 Å². The minimum atomic E-state index is -0.236. The van der Waals surface area contributed by atoms with Crippen LogP contribution in [0.2, 0.25) is 0 Å². The van der Waals surface area contributed by atoms with Gasteiger partial charge in [-0.1, -0.05) is 95.2 Å². The van der Waals surface area contributed by atoms with Crippen LogP contribution in [-0.4, -0.2) is 22.6 Å². The van der Waals surface area contributed by atoms with Crippen molar-refractivity contribution in [3.8, 4) is 11.5 Å².